The number of nitro benzene ring substituents is 1. The van der Waals surface area contributed by atoms with Crippen LogP contribution in [0.4, 0.5) is 5.69 Å². The van der Waals surface area contributed by atoms with E-state index in [1.165, 1.54) is 9.13 Å². The van der Waals surface area contributed by atoms with Crippen LogP contribution in [-0.4, -0.2) is 11.5 Å². The molecular weight excluding hydrogens is 367 g/mol. The summed E-state index contributed by atoms with van der Waals surface area (Å²) in [6.07, 6.45) is 0.863. The second-order valence-corrected chi connectivity index (χ2v) is 5.72. The van der Waals surface area contributed by atoms with Gasteiger partial charge in [-0.25, -0.2) is 0 Å². The minimum atomic E-state index is -0.376. The van der Waals surface area contributed by atoms with Gasteiger partial charge in [0.15, 0.2) is 0 Å². The third-order valence-electron chi connectivity index (χ3n) is 2.98. The first kappa shape index (κ1) is 14.9. The SMILES string of the molecule is O=[N+]([O-])c1ccc(CCNCc2ccc(I)cc2)cc1. The number of nitro groups is 1. The highest BCUT2D eigenvalue weighted by molar-refractivity contribution is 14.1. The Morgan fingerprint density at radius 2 is 1.60 bits per heavy atom. The fourth-order valence-electron chi connectivity index (χ4n) is 1.85. The molecule has 0 saturated carbocycles. The zero-order valence-electron chi connectivity index (χ0n) is 10.9. The van der Waals surface area contributed by atoms with Crippen LogP contribution in [0.2, 0.25) is 0 Å². The molecule has 2 aromatic rings. The Labute approximate surface area is 131 Å². The summed E-state index contributed by atoms with van der Waals surface area (Å²) >= 11 is 2.29. The van der Waals surface area contributed by atoms with Gasteiger partial charge in [-0.05, 0) is 58.8 Å². The lowest BCUT2D eigenvalue weighted by Gasteiger charge is -2.05. The maximum atomic E-state index is 10.5. The summed E-state index contributed by atoms with van der Waals surface area (Å²) in [6.45, 7) is 1.69. The summed E-state index contributed by atoms with van der Waals surface area (Å²) in [5.74, 6) is 0. The standard InChI is InChI=1S/C15H15IN2O2/c16-14-5-1-13(2-6-14)11-17-10-9-12-3-7-15(8-4-12)18(19)20/h1-8,17H,9-11H2. The van der Waals surface area contributed by atoms with Gasteiger partial charge in [0.1, 0.15) is 0 Å². The molecule has 2 aromatic carbocycles. The summed E-state index contributed by atoms with van der Waals surface area (Å²) < 4.78 is 1.23. The molecule has 0 saturated heterocycles. The molecule has 0 aliphatic carbocycles. The van der Waals surface area contributed by atoms with Crippen molar-refractivity contribution < 1.29 is 4.92 Å². The van der Waals surface area contributed by atoms with Crippen molar-refractivity contribution in [3.05, 3.63) is 73.3 Å². The molecule has 0 aliphatic heterocycles. The van der Waals surface area contributed by atoms with Gasteiger partial charge in [0.25, 0.3) is 5.69 Å². The Bertz CT molecular complexity index is 567. The van der Waals surface area contributed by atoms with E-state index >= 15 is 0 Å². The van der Waals surface area contributed by atoms with Gasteiger partial charge in [0.2, 0.25) is 0 Å². The van der Waals surface area contributed by atoms with Gasteiger partial charge >= 0.3 is 0 Å². The van der Waals surface area contributed by atoms with E-state index in [1.807, 2.05) is 12.1 Å². The van der Waals surface area contributed by atoms with Gasteiger partial charge in [-0.3, -0.25) is 10.1 Å². The van der Waals surface area contributed by atoms with Crippen LogP contribution < -0.4 is 5.32 Å². The summed E-state index contributed by atoms with van der Waals surface area (Å²) in [5.41, 5.74) is 2.50. The number of nitrogens with one attached hydrogen (secondary N) is 1. The topological polar surface area (TPSA) is 55.2 Å². The highest BCUT2D eigenvalue weighted by atomic mass is 127. The Hall–Kier alpha value is -1.47. The van der Waals surface area contributed by atoms with Gasteiger partial charge in [-0.15, -0.1) is 0 Å². The quantitative estimate of drug-likeness (QED) is 0.360. The lowest BCUT2D eigenvalue weighted by molar-refractivity contribution is -0.384. The molecule has 4 nitrogen and oxygen atoms in total. The minimum absolute atomic E-state index is 0.139. The van der Waals surface area contributed by atoms with Crippen molar-refractivity contribution in [1.29, 1.82) is 0 Å². The van der Waals surface area contributed by atoms with Gasteiger partial charge in [0, 0.05) is 22.2 Å². The van der Waals surface area contributed by atoms with E-state index in [1.54, 1.807) is 12.1 Å². The van der Waals surface area contributed by atoms with E-state index in [4.69, 9.17) is 0 Å². The van der Waals surface area contributed by atoms with Crippen LogP contribution in [-0.2, 0) is 13.0 Å². The van der Waals surface area contributed by atoms with E-state index in [2.05, 4.69) is 52.2 Å². The van der Waals surface area contributed by atoms with Crippen LogP contribution in [0.3, 0.4) is 0 Å². The molecule has 0 heterocycles. The second kappa shape index (κ2) is 7.35. The van der Waals surface area contributed by atoms with Gasteiger partial charge in [-0.1, -0.05) is 24.3 Å². The lowest BCUT2D eigenvalue weighted by Crippen LogP contribution is -2.16. The molecule has 0 fully saturated rings. The fourth-order valence-corrected chi connectivity index (χ4v) is 2.21. The van der Waals surface area contributed by atoms with Crippen molar-refractivity contribution >= 4 is 28.3 Å². The van der Waals surface area contributed by atoms with Crippen molar-refractivity contribution in [3.8, 4) is 0 Å². The molecule has 1 N–H and O–H groups in total. The Kier molecular flexibility index (Phi) is 5.49. The molecule has 0 bridgehead atoms. The first-order valence-corrected chi connectivity index (χ1v) is 7.41. The van der Waals surface area contributed by atoms with Crippen LogP contribution in [0.25, 0.3) is 0 Å². The normalized spacial score (nSPS) is 10.4. The van der Waals surface area contributed by atoms with Gasteiger partial charge < -0.3 is 5.32 Å². The Morgan fingerprint density at radius 3 is 2.20 bits per heavy atom. The van der Waals surface area contributed by atoms with Gasteiger partial charge in [0.05, 0.1) is 4.92 Å². The van der Waals surface area contributed by atoms with Crippen LogP contribution in [0.1, 0.15) is 11.1 Å². The highest BCUT2D eigenvalue weighted by Crippen LogP contribution is 2.12. The number of halogens is 1. The van der Waals surface area contributed by atoms with Crippen molar-refractivity contribution in [2.24, 2.45) is 0 Å². The summed E-state index contributed by atoms with van der Waals surface area (Å²) in [7, 11) is 0. The highest BCUT2D eigenvalue weighted by Gasteiger charge is 2.03. The predicted octanol–water partition coefficient (Wildman–Crippen LogP) is 3.53. The average Bonchev–Trinajstić information content (AvgIpc) is 2.46. The first-order chi connectivity index (χ1) is 9.65. The number of hydrogen-bond acceptors (Lipinski definition) is 3. The Morgan fingerprint density at radius 1 is 1.00 bits per heavy atom. The minimum Gasteiger partial charge on any atom is -0.312 e. The molecule has 20 heavy (non-hydrogen) atoms. The molecular formula is C15H15IN2O2. The average molecular weight is 382 g/mol. The zero-order valence-corrected chi connectivity index (χ0v) is 13.0. The zero-order chi connectivity index (χ0) is 14.4. The lowest BCUT2D eigenvalue weighted by atomic mass is 10.1. The van der Waals surface area contributed by atoms with E-state index in [9.17, 15) is 10.1 Å². The third-order valence-corrected chi connectivity index (χ3v) is 3.70. The number of hydrogen-bond donors (Lipinski definition) is 1. The van der Waals surface area contributed by atoms with E-state index in [0.29, 0.717) is 0 Å². The largest absolute Gasteiger partial charge is 0.312 e. The monoisotopic (exact) mass is 382 g/mol. The Balaban J connectivity index is 1.75. The third kappa shape index (κ3) is 4.57. The van der Waals surface area contributed by atoms with E-state index in [-0.39, 0.29) is 10.6 Å². The molecule has 0 unspecified atom stereocenters. The van der Waals surface area contributed by atoms with Crippen LogP contribution in [0.5, 0.6) is 0 Å². The summed E-state index contributed by atoms with van der Waals surface area (Å²) in [4.78, 5) is 10.2. The maximum Gasteiger partial charge on any atom is 0.269 e. The first-order valence-electron chi connectivity index (χ1n) is 6.33. The molecule has 0 spiro atoms. The predicted molar refractivity (Wildman–Crippen MR) is 87.7 cm³/mol. The number of benzene rings is 2. The number of nitrogens with zero attached hydrogens (tertiary/aromatic N) is 1. The van der Waals surface area contributed by atoms with Crippen LogP contribution >= 0.6 is 22.6 Å². The van der Waals surface area contributed by atoms with Crippen molar-refractivity contribution in [2.75, 3.05) is 6.54 Å². The molecule has 2 rings (SSSR count). The van der Waals surface area contributed by atoms with Crippen LogP contribution in [0, 0.1) is 13.7 Å². The maximum absolute atomic E-state index is 10.5. The van der Waals surface area contributed by atoms with E-state index < -0.39 is 0 Å². The van der Waals surface area contributed by atoms with Crippen LogP contribution in [0.15, 0.2) is 48.5 Å². The molecule has 0 aliphatic rings. The van der Waals surface area contributed by atoms with E-state index in [0.717, 1.165) is 25.1 Å². The molecule has 0 amide bonds. The summed E-state index contributed by atoms with van der Waals surface area (Å²) in [5, 5.41) is 13.9. The number of non-ortho nitro benzene ring substituents is 1. The molecule has 0 aromatic heterocycles. The summed E-state index contributed by atoms with van der Waals surface area (Å²) in [6, 6.07) is 15.1. The van der Waals surface area contributed by atoms with Crippen molar-refractivity contribution in [2.45, 2.75) is 13.0 Å². The van der Waals surface area contributed by atoms with Crippen molar-refractivity contribution in [1.82, 2.24) is 5.32 Å². The molecule has 0 atom stereocenters. The molecule has 0 radical (unpaired) electrons. The van der Waals surface area contributed by atoms with Crippen molar-refractivity contribution in [3.63, 3.8) is 0 Å². The molecule has 104 valence electrons. The smallest absolute Gasteiger partial charge is 0.269 e. The molecule has 5 heteroatoms. The second-order valence-electron chi connectivity index (χ2n) is 4.48. The number of rotatable bonds is 6. The fraction of sp³-hybridized carbons (Fsp3) is 0.200. The van der Waals surface area contributed by atoms with Gasteiger partial charge in [-0.2, -0.15) is 0 Å².